The number of thiophene rings is 4. The number of para-hydroxylation sites is 3. The topological polar surface area (TPSA) is 77.8 Å². The predicted octanol–water partition coefficient (Wildman–Crippen LogP) is 34.2. The average molecular weight is 1680 g/mol. The Bertz CT molecular complexity index is 9020. The van der Waals surface area contributed by atoms with Crippen molar-refractivity contribution < 1.29 is 8.83 Å². The van der Waals surface area contributed by atoms with Crippen LogP contribution in [-0.4, -0.2) is 19.9 Å². The van der Waals surface area contributed by atoms with E-state index in [1.165, 1.54) is 91.8 Å². The summed E-state index contributed by atoms with van der Waals surface area (Å²) in [6.07, 6.45) is 0. The zero-order valence-electron chi connectivity index (χ0n) is 67.3. The van der Waals surface area contributed by atoms with Gasteiger partial charge in [-0.15, -0.1) is 45.3 Å². The van der Waals surface area contributed by atoms with Crippen LogP contribution in [0.2, 0.25) is 0 Å². The Labute approximate surface area is 738 Å². The number of nitrogens with zero attached hydrogens (tertiary/aromatic N) is 4. The first-order valence-electron chi connectivity index (χ1n) is 42.3. The SMILES string of the molecule is c1ccc(-c2nc(-c3cccc(-c4ccc5oc6ccccc6c5c4)c3)cc(-c3cc(-c4ccc5sc6ccccc6c5c4)cc(-c4ccc5sc6cc(-c7ccc8sc9ccc(-c%10cc(-c%11ccc%12sc%13ccccc%13c%12c%11)cc(-c%11cc(-c%12cccc(-c%13cccc%14c%13oc%13ccccc%13%14)c%12)nc(-c%12ccccc%12)n%11)c%10)cc9c8c7)ccc6c5c4)c3)n2)cc1. The molecule has 6 nitrogen and oxygen atoms in total. The summed E-state index contributed by atoms with van der Waals surface area (Å²) < 4.78 is 22.9. The van der Waals surface area contributed by atoms with Gasteiger partial charge in [-0.1, -0.05) is 237 Å². The molecule has 0 aliphatic heterocycles. The normalized spacial score (nSPS) is 12.0. The Morgan fingerprint density at radius 2 is 0.452 bits per heavy atom. The molecular formula is C116H66N4O2S4. The van der Waals surface area contributed by atoms with Crippen molar-refractivity contribution >= 4 is 170 Å². The van der Waals surface area contributed by atoms with Crippen LogP contribution in [0.5, 0.6) is 0 Å². The summed E-state index contributed by atoms with van der Waals surface area (Å²) >= 11 is 7.39. The lowest BCUT2D eigenvalue weighted by atomic mass is 9.93. The standard InChI is InChI=1S/C116H66N4O2S4/c1-3-18-67(19-4-1)115-117-99(78-24-15-22-69(50-78)70-37-44-105-93(58-70)88-27-8-11-32-103(88)121-105)65-101(119-115)84-54-80(72-39-46-108-94(60-72)89-28-9-13-34-106(89)123-108)52-82(56-84)74-41-48-110-96(62-74)91-43-36-76(64-113(91)126-110)71-38-45-111-97(59-71)98-63-75(42-49-112(98)125-111)83-53-81(73-40-47-109-95(61-73)90-29-10-14-35-107(90)124-109)55-85(57-83)102-66-100(118-116(120-102)68-20-5-2-6-21-68)79-25-16-23-77(51-79)86-30-17-31-92-87-26-7-12-33-104(87)122-114(86)92/h1-66H. The van der Waals surface area contributed by atoms with Crippen LogP contribution in [0.25, 0.3) is 270 Å². The summed E-state index contributed by atoms with van der Waals surface area (Å²) in [7, 11) is 0. The van der Waals surface area contributed by atoms with E-state index in [2.05, 4.69) is 364 Å². The van der Waals surface area contributed by atoms with Crippen LogP contribution >= 0.6 is 45.3 Å². The van der Waals surface area contributed by atoms with Gasteiger partial charge in [0.25, 0.3) is 0 Å². The van der Waals surface area contributed by atoms with Gasteiger partial charge >= 0.3 is 0 Å². The van der Waals surface area contributed by atoms with Crippen LogP contribution in [0.15, 0.2) is 409 Å². The van der Waals surface area contributed by atoms with E-state index in [1.807, 2.05) is 81.7 Å². The summed E-state index contributed by atoms with van der Waals surface area (Å²) in [5, 5.41) is 14.3. The van der Waals surface area contributed by atoms with E-state index < -0.39 is 0 Å². The molecule has 0 N–H and O–H groups in total. The van der Waals surface area contributed by atoms with Gasteiger partial charge in [-0.2, -0.15) is 0 Å². The van der Waals surface area contributed by atoms with Crippen molar-refractivity contribution in [1.82, 2.24) is 19.9 Å². The minimum Gasteiger partial charge on any atom is -0.456 e. The lowest BCUT2D eigenvalue weighted by molar-refractivity contribution is 0.669. The van der Waals surface area contributed by atoms with Crippen molar-refractivity contribution in [3.8, 4) is 146 Å². The molecule has 0 saturated heterocycles. The van der Waals surface area contributed by atoms with Crippen LogP contribution in [0, 0.1) is 0 Å². The number of hydrogen-bond donors (Lipinski definition) is 0. The van der Waals surface area contributed by atoms with E-state index >= 15 is 0 Å². The molecule has 0 bridgehead atoms. The highest BCUT2D eigenvalue weighted by atomic mass is 32.1. The van der Waals surface area contributed by atoms with E-state index in [0.29, 0.717) is 11.6 Å². The van der Waals surface area contributed by atoms with E-state index in [4.69, 9.17) is 28.8 Å². The number of aromatic nitrogens is 4. The lowest BCUT2D eigenvalue weighted by Gasteiger charge is -2.14. The highest BCUT2D eigenvalue weighted by molar-refractivity contribution is 7.27. The smallest absolute Gasteiger partial charge is 0.160 e. The number of hydrogen-bond acceptors (Lipinski definition) is 10. The first-order chi connectivity index (χ1) is 62.3. The lowest BCUT2D eigenvalue weighted by Crippen LogP contribution is -1.97. The molecule has 126 heavy (non-hydrogen) atoms. The molecule has 8 heterocycles. The van der Waals surface area contributed by atoms with Crippen LogP contribution < -0.4 is 0 Å². The fourth-order valence-electron chi connectivity index (χ4n) is 18.8. The molecule has 8 aromatic heterocycles. The quantitative estimate of drug-likeness (QED) is 0.114. The summed E-state index contributed by atoms with van der Waals surface area (Å²) in [4.78, 5) is 21.8. The third-order valence-corrected chi connectivity index (χ3v) is 29.7. The molecule has 10 heteroatoms. The van der Waals surface area contributed by atoms with Crippen LogP contribution in [-0.2, 0) is 0 Å². The van der Waals surface area contributed by atoms with Crippen molar-refractivity contribution in [2.45, 2.75) is 0 Å². The second-order valence-electron chi connectivity index (χ2n) is 32.7. The van der Waals surface area contributed by atoms with Gasteiger partial charge in [0.1, 0.15) is 22.3 Å². The molecule has 0 spiro atoms. The molecule has 0 atom stereocenters. The predicted molar refractivity (Wildman–Crippen MR) is 534 cm³/mol. The molecule has 0 radical (unpaired) electrons. The van der Waals surface area contributed by atoms with E-state index in [9.17, 15) is 0 Å². The molecular weight excluding hydrogens is 1610 g/mol. The van der Waals surface area contributed by atoms with Gasteiger partial charge in [0.2, 0.25) is 0 Å². The molecule has 0 fully saturated rings. The second-order valence-corrected chi connectivity index (χ2v) is 37.0. The fraction of sp³-hybridized carbons (Fsp3) is 0. The minimum atomic E-state index is 0.653. The largest absolute Gasteiger partial charge is 0.456 e. The zero-order valence-corrected chi connectivity index (χ0v) is 70.6. The van der Waals surface area contributed by atoms with Crippen molar-refractivity contribution in [2.24, 2.45) is 0 Å². The summed E-state index contributed by atoms with van der Waals surface area (Å²) in [5.41, 5.74) is 28.2. The molecule has 586 valence electrons. The van der Waals surface area contributed by atoms with Gasteiger partial charge in [-0.05, 0) is 236 Å². The van der Waals surface area contributed by atoms with Crippen LogP contribution in [0.1, 0.15) is 0 Å². The Morgan fingerprint density at radius 1 is 0.151 bits per heavy atom. The maximum Gasteiger partial charge on any atom is 0.160 e. The Balaban J connectivity index is 0.574. The maximum atomic E-state index is 6.61. The Morgan fingerprint density at radius 3 is 0.960 bits per heavy atom. The first-order valence-corrected chi connectivity index (χ1v) is 45.6. The number of furan rings is 2. The van der Waals surface area contributed by atoms with Gasteiger partial charge < -0.3 is 8.83 Å². The van der Waals surface area contributed by atoms with Gasteiger partial charge in [-0.3, -0.25) is 0 Å². The molecule has 18 aromatic carbocycles. The average Bonchev–Trinajstić information content (AvgIpc) is 1.55. The number of rotatable bonds is 13. The molecule has 26 rings (SSSR count). The monoisotopic (exact) mass is 1670 g/mol. The minimum absolute atomic E-state index is 0.653. The Kier molecular flexibility index (Phi) is 16.7. The van der Waals surface area contributed by atoms with Crippen molar-refractivity contribution in [3.63, 3.8) is 0 Å². The maximum absolute atomic E-state index is 6.61. The molecule has 0 unspecified atom stereocenters. The second kappa shape index (κ2) is 29.1. The highest BCUT2D eigenvalue weighted by Gasteiger charge is 2.23. The van der Waals surface area contributed by atoms with Gasteiger partial charge in [0.15, 0.2) is 11.6 Å². The van der Waals surface area contributed by atoms with Crippen molar-refractivity contribution in [2.75, 3.05) is 0 Å². The summed E-state index contributed by atoms with van der Waals surface area (Å²) in [5.74, 6) is 1.31. The Hall–Kier alpha value is -15.4. The first kappa shape index (κ1) is 72.3. The number of fused-ring (bicyclic) bond motifs is 18. The van der Waals surface area contributed by atoms with Gasteiger partial charge in [0.05, 0.1) is 22.8 Å². The van der Waals surface area contributed by atoms with Crippen LogP contribution in [0.3, 0.4) is 0 Å². The summed E-state index contributed by atoms with van der Waals surface area (Å²) in [6, 6.07) is 146. The fourth-order valence-corrected chi connectivity index (χ4v) is 23.2. The van der Waals surface area contributed by atoms with E-state index in [-0.39, 0.29) is 0 Å². The molecule has 0 aliphatic carbocycles. The molecule has 0 amide bonds. The van der Waals surface area contributed by atoms with Gasteiger partial charge in [0, 0.05) is 141 Å². The third kappa shape index (κ3) is 12.5. The molecule has 0 saturated carbocycles. The zero-order chi connectivity index (χ0) is 82.6. The van der Waals surface area contributed by atoms with Gasteiger partial charge in [-0.25, -0.2) is 19.9 Å². The van der Waals surface area contributed by atoms with Crippen molar-refractivity contribution in [3.05, 3.63) is 400 Å². The van der Waals surface area contributed by atoms with E-state index in [0.717, 1.165) is 167 Å². The molecule has 0 aliphatic rings. The van der Waals surface area contributed by atoms with Crippen molar-refractivity contribution in [1.29, 1.82) is 0 Å². The third-order valence-electron chi connectivity index (χ3n) is 25.1. The van der Waals surface area contributed by atoms with E-state index in [1.54, 1.807) is 0 Å². The summed E-state index contributed by atoms with van der Waals surface area (Å²) in [6.45, 7) is 0. The number of benzene rings is 18. The highest BCUT2D eigenvalue weighted by Crippen LogP contribution is 2.48. The molecule has 26 aromatic rings. The van der Waals surface area contributed by atoms with Crippen LogP contribution in [0.4, 0.5) is 0 Å².